The van der Waals surface area contributed by atoms with E-state index in [1.165, 1.54) is 42.7 Å². The first-order valence-corrected chi connectivity index (χ1v) is 9.25. The Morgan fingerprint density at radius 2 is 1.96 bits per heavy atom. The van der Waals surface area contributed by atoms with Crippen molar-refractivity contribution in [3.63, 3.8) is 0 Å². The first kappa shape index (κ1) is 16.3. The second kappa shape index (κ2) is 6.64. The number of hydrogen-bond donors (Lipinski definition) is 1. The van der Waals surface area contributed by atoms with Gasteiger partial charge in [-0.2, -0.15) is 0 Å². The second-order valence-electron chi connectivity index (χ2n) is 7.34. The summed E-state index contributed by atoms with van der Waals surface area (Å²) in [7, 11) is 0. The van der Waals surface area contributed by atoms with Crippen LogP contribution in [0.3, 0.4) is 0 Å². The molecule has 0 amide bonds. The number of anilines is 1. The number of aryl methyl sites for hydroxylation is 2. The summed E-state index contributed by atoms with van der Waals surface area (Å²) in [6, 6.07) is 6.83. The van der Waals surface area contributed by atoms with Crippen LogP contribution in [0.5, 0.6) is 0 Å². The largest absolute Gasteiger partial charge is 0.372 e. The Kier molecular flexibility index (Phi) is 4.34. The van der Waals surface area contributed by atoms with Crippen molar-refractivity contribution in [1.82, 2.24) is 14.9 Å². The van der Waals surface area contributed by atoms with Crippen LogP contribution in [0.25, 0.3) is 0 Å². The highest BCUT2D eigenvalue weighted by atomic mass is 16.1. The molecule has 2 aromatic rings. The van der Waals surface area contributed by atoms with Crippen LogP contribution in [0.2, 0.25) is 0 Å². The molecule has 1 aromatic carbocycles. The molecule has 132 valence electrons. The number of nitrogens with zero attached hydrogens (tertiary/aromatic N) is 3. The first-order valence-electron chi connectivity index (χ1n) is 9.25. The Morgan fingerprint density at radius 3 is 2.72 bits per heavy atom. The zero-order valence-corrected chi connectivity index (χ0v) is 15.1. The monoisotopic (exact) mass is 338 g/mol. The molecule has 1 aromatic heterocycles. The van der Waals surface area contributed by atoms with Crippen LogP contribution in [0.15, 0.2) is 23.0 Å². The van der Waals surface area contributed by atoms with Gasteiger partial charge in [0.25, 0.3) is 5.56 Å². The van der Waals surface area contributed by atoms with E-state index < -0.39 is 0 Å². The fourth-order valence-corrected chi connectivity index (χ4v) is 4.01. The van der Waals surface area contributed by atoms with Gasteiger partial charge < -0.3 is 9.88 Å². The highest BCUT2D eigenvalue weighted by molar-refractivity contribution is 5.51. The molecule has 4 rings (SSSR count). The molecule has 0 saturated carbocycles. The van der Waals surface area contributed by atoms with Crippen LogP contribution in [0, 0.1) is 13.8 Å². The van der Waals surface area contributed by atoms with Crippen LogP contribution in [0.4, 0.5) is 5.69 Å². The molecule has 0 radical (unpaired) electrons. The van der Waals surface area contributed by atoms with Crippen molar-refractivity contribution in [3.05, 3.63) is 56.8 Å². The molecule has 3 heterocycles. The molecule has 0 spiro atoms. The van der Waals surface area contributed by atoms with E-state index in [9.17, 15) is 4.79 Å². The van der Waals surface area contributed by atoms with Gasteiger partial charge in [0.05, 0.1) is 11.3 Å². The minimum absolute atomic E-state index is 0.0216. The quantitative estimate of drug-likeness (QED) is 0.934. The standard InChI is InChI=1S/C20H26N4O/c1-14-11-17(24-8-3-4-9-24)6-5-16(14)12-23-10-7-19-18(13-23)20(25)22-15(2)21-19/h5-6,11H,3-4,7-10,12-13H2,1-2H3,(H,21,22,25). The van der Waals surface area contributed by atoms with Crippen molar-refractivity contribution >= 4 is 5.69 Å². The maximum atomic E-state index is 12.2. The average Bonchev–Trinajstić information content (AvgIpc) is 3.12. The lowest BCUT2D eigenvalue weighted by Crippen LogP contribution is -2.35. The number of aromatic nitrogens is 2. The molecule has 0 aliphatic carbocycles. The Labute approximate surface area is 148 Å². The molecule has 2 aliphatic rings. The van der Waals surface area contributed by atoms with E-state index in [0.717, 1.165) is 30.8 Å². The third-order valence-electron chi connectivity index (χ3n) is 5.46. The number of rotatable bonds is 3. The average molecular weight is 338 g/mol. The van der Waals surface area contributed by atoms with Gasteiger partial charge in [-0.15, -0.1) is 0 Å². The van der Waals surface area contributed by atoms with E-state index in [-0.39, 0.29) is 5.56 Å². The van der Waals surface area contributed by atoms with Crippen LogP contribution in [-0.4, -0.2) is 34.5 Å². The van der Waals surface area contributed by atoms with E-state index in [1.54, 1.807) is 0 Å². The fourth-order valence-electron chi connectivity index (χ4n) is 4.01. The minimum atomic E-state index is 0.0216. The van der Waals surface area contributed by atoms with E-state index in [2.05, 4.69) is 44.9 Å². The molecule has 0 bridgehead atoms. The van der Waals surface area contributed by atoms with Gasteiger partial charge in [0.1, 0.15) is 5.82 Å². The van der Waals surface area contributed by atoms with E-state index in [1.807, 2.05) is 6.92 Å². The smallest absolute Gasteiger partial charge is 0.255 e. The molecule has 2 aliphatic heterocycles. The van der Waals surface area contributed by atoms with Gasteiger partial charge in [-0.1, -0.05) is 6.07 Å². The van der Waals surface area contributed by atoms with Gasteiger partial charge >= 0.3 is 0 Å². The van der Waals surface area contributed by atoms with Crippen molar-refractivity contribution in [1.29, 1.82) is 0 Å². The summed E-state index contributed by atoms with van der Waals surface area (Å²) in [5.41, 5.74) is 5.86. The van der Waals surface area contributed by atoms with Gasteiger partial charge in [0, 0.05) is 44.8 Å². The van der Waals surface area contributed by atoms with Crippen molar-refractivity contribution in [2.75, 3.05) is 24.5 Å². The summed E-state index contributed by atoms with van der Waals surface area (Å²) in [6.07, 6.45) is 3.46. The van der Waals surface area contributed by atoms with E-state index in [0.29, 0.717) is 12.4 Å². The minimum Gasteiger partial charge on any atom is -0.372 e. The molecule has 1 fully saturated rings. The summed E-state index contributed by atoms with van der Waals surface area (Å²) in [5, 5.41) is 0. The third kappa shape index (κ3) is 3.33. The van der Waals surface area contributed by atoms with Gasteiger partial charge in [0.15, 0.2) is 0 Å². The molecule has 5 nitrogen and oxygen atoms in total. The Morgan fingerprint density at radius 1 is 1.16 bits per heavy atom. The Hall–Kier alpha value is -2.14. The summed E-state index contributed by atoms with van der Waals surface area (Å²) >= 11 is 0. The zero-order chi connectivity index (χ0) is 17.4. The van der Waals surface area contributed by atoms with Gasteiger partial charge in [-0.3, -0.25) is 9.69 Å². The van der Waals surface area contributed by atoms with E-state index in [4.69, 9.17) is 0 Å². The maximum absolute atomic E-state index is 12.2. The van der Waals surface area contributed by atoms with Crippen molar-refractivity contribution in [2.24, 2.45) is 0 Å². The molecule has 0 unspecified atom stereocenters. The summed E-state index contributed by atoms with van der Waals surface area (Å²) < 4.78 is 0. The fraction of sp³-hybridized carbons (Fsp3) is 0.500. The molecule has 5 heteroatoms. The predicted molar refractivity (Wildman–Crippen MR) is 100 cm³/mol. The first-order chi connectivity index (χ1) is 12.1. The van der Waals surface area contributed by atoms with Crippen LogP contribution in [0.1, 0.15) is 41.1 Å². The molecular formula is C20H26N4O. The van der Waals surface area contributed by atoms with Crippen LogP contribution >= 0.6 is 0 Å². The SMILES string of the molecule is Cc1nc2c(c(=O)[nH]1)CN(Cc1ccc(N3CCCC3)cc1C)CC2. The summed E-state index contributed by atoms with van der Waals surface area (Å²) in [5.74, 6) is 0.713. The van der Waals surface area contributed by atoms with Crippen LogP contribution < -0.4 is 10.5 Å². The summed E-state index contributed by atoms with van der Waals surface area (Å²) in [6.45, 7) is 8.93. The summed E-state index contributed by atoms with van der Waals surface area (Å²) in [4.78, 5) is 24.4. The van der Waals surface area contributed by atoms with Crippen molar-refractivity contribution in [3.8, 4) is 0 Å². The van der Waals surface area contributed by atoms with Crippen molar-refractivity contribution < 1.29 is 0 Å². The number of H-pyrrole nitrogens is 1. The lowest BCUT2D eigenvalue weighted by molar-refractivity contribution is 0.241. The Bertz CT molecular complexity index is 836. The van der Waals surface area contributed by atoms with E-state index >= 15 is 0 Å². The lowest BCUT2D eigenvalue weighted by atomic mass is 10.0. The molecule has 25 heavy (non-hydrogen) atoms. The van der Waals surface area contributed by atoms with Crippen molar-refractivity contribution in [2.45, 2.75) is 46.2 Å². The number of hydrogen-bond acceptors (Lipinski definition) is 4. The maximum Gasteiger partial charge on any atom is 0.255 e. The molecule has 1 saturated heterocycles. The van der Waals surface area contributed by atoms with Gasteiger partial charge in [-0.25, -0.2) is 4.98 Å². The molecule has 0 atom stereocenters. The predicted octanol–water partition coefficient (Wildman–Crippen LogP) is 2.55. The number of benzene rings is 1. The third-order valence-corrected chi connectivity index (χ3v) is 5.46. The molecular weight excluding hydrogens is 312 g/mol. The highest BCUT2D eigenvalue weighted by Crippen LogP contribution is 2.25. The van der Waals surface area contributed by atoms with Crippen LogP contribution in [-0.2, 0) is 19.5 Å². The Balaban J connectivity index is 1.50. The van der Waals surface area contributed by atoms with Gasteiger partial charge in [-0.05, 0) is 49.9 Å². The topological polar surface area (TPSA) is 52.2 Å². The highest BCUT2D eigenvalue weighted by Gasteiger charge is 2.21. The number of nitrogens with one attached hydrogen (secondary N) is 1. The lowest BCUT2D eigenvalue weighted by Gasteiger charge is -2.28. The van der Waals surface area contributed by atoms with Gasteiger partial charge in [0.2, 0.25) is 0 Å². The molecule has 1 N–H and O–H groups in total. The second-order valence-corrected chi connectivity index (χ2v) is 7.34. The number of aromatic amines is 1. The number of fused-ring (bicyclic) bond motifs is 1. The zero-order valence-electron chi connectivity index (χ0n) is 15.1. The normalized spacial score (nSPS) is 17.8.